The second kappa shape index (κ2) is 9.56. The number of rotatable bonds is 9. The van der Waals surface area contributed by atoms with Crippen LogP contribution in [0.3, 0.4) is 0 Å². The number of hydrogen-bond donors (Lipinski definition) is 0. The van der Waals surface area contributed by atoms with Crippen LogP contribution in [-0.4, -0.2) is 48.7 Å². The second-order valence-electron chi connectivity index (χ2n) is 10.7. The van der Waals surface area contributed by atoms with Gasteiger partial charge in [0.15, 0.2) is 11.5 Å². The Morgan fingerprint density at radius 2 is 1.17 bits per heavy atom. The van der Waals surface area contributed by atoms with E-state index in [-0.39, 0.29) is 17.8 Å². The fourth-order valence-electron chi connectivity index (χ4n) is 3.20. The molecule has 30 heavy (non-hydrogen) atoms. The molecule has 0 saturated carbocycles. The van der Waals surface area contributed by atoms with E-state index in [0.717, 1.165) is 0 Å². The predicted molar refractivity (Wildman–Crippen MR) is 119 cm³/mol. The number of esters is 1. The van der Waals surface area contributed by atoms with Gasteiger partial charge in [-0.3, -0.25) is 0 Å². The molecule has 0 unspecified atom stereocenters. The number of ether oxygens (including phenoxy) is 5. The van der Waals surface area contributed by atoms with Crippen molar-refractivity contribution in [2.24, 2.45) is 0 Å². The molecule has 1 rings (SSSR count). The van der Waals surface area contributed by atoms with E-state index in [9.17, 15) is 4.79 Å². The Balaban J connectivity index is 3.05. The van der Waals surface area contributed by atoms with E-state index >= 15 is 0 Å². The van der Waals surface area contributed by atoms with Gasteiger partial charge in [0.05, 0.1) is 35.1 Å². The van der Waals surface area contributed by atoms with Gasteiger partial charge < -0.3 is 23.7 Å². The summed E-state index contributed by atoms with van der Waals surface area (Å²) in [5.41, 5.74) is -1.26. The summed E-state index contributed by atoms with van der Waals surface area (Å²) in [7, 11) is 1.35. The highest BCUT2D eigenvalue weighted by Crippen LogP contribution is 2.32. The third-order valence-electron chi connectivity index (χ3n) is 3.68. The Morgan fingerprint density at radius 1 is 0.733 bits per heavy atom. The smallest absolute Gasteiger partial charge is 0.337 e. The lowest BCUT2D eigenvalue weighted by molar-refractivity contribution is -0.132. The van der Waals surface area contributed by atoms with Gasteiger partial charge in [0.1, 0.15) is 13.2 Å². The molecular weight excluding hydrogens is 384 g/mol. The molecule has 0 saturated heterocycles. The number of carbonyl (C=O) groups excluding carboxylic acids is 1. The van der Waals surface area contributed by atoms with Crippen molar-refractivity contribution in [2.45, 2.75) is 91.6 Å². The summed E-state index contributed by atoms with van der Waals surface area (Å²) in [5.74, 6) is 0.544. The lowest BCUT2D eigenvalue weighted by Crippen LogP contribution is -2.40. The molecule has 0 amide bonds. The number of methoxy groups -OCH3 is 1. The molecule has 6 heteroatoms. The van der Waals surface area contributed by atoms with E-state index in [1.54, 1.807) is 18.2 Å². The Hall–Kier alpha value is -1.79. The molecule has 0 atom stereocenters. The second-order valence-corrected chi connectivity index (χ2v) is 10.7. The van der Waals surface area contributed by atoms with Gasteiger partial charge in [-0.05, 0) is 87.4 Å². The Kier molecular flexibility index (Phi) is 8.37. The van der Waals surface area contributed by atoms with Crippen molar-refractivity contribution in [2.75, 3.05) is 20.3 Å². The predicted octanol–water partition coefficient (Wildman–Crippen LogP) is 5.42. The van der Waals surface area contributed by atoms with Crippen molar-refractivity contribution in [1.29, 1.82) is 0 Å². The maximum absolute atomic E-state index is 12.0. The highest BCUT2D eigenvalue weighted by molar-refractivity contribution is 5.90. The van der Waals surface area contributed by atoms with E-state index in [2.05, 4.69) is 0 Å². The Labute approximate surface area is 182 Å². The van der Waals surface area contributed by atoms with Crippen LogP contribution in [0.2, 0.25) is 0 Å². The topological polar surface area (TPSA) is 63.2 Å². The normalized spacial score (nSPS) is 13.2. The first-order valence-corrected chi connectivity index (χ1v) is 10.3. The van der Waals surface area contributed by atoms with Crippen LogP contribution in [0.25, 0.3) is 0 Å². The van der Waals surface area contributed by atoms with Gasteiger partial charge in [-0.2, -0.15) is 0 Å². The van der Waals surface area contributed by atoms with E-state index in [4.69, 9.17) is 23.7 Å². The Morgan fingerprint density at radius 3 is 1.57 bits per heavy atom. The molecule has 0 spiro atoms. The molecule has 0 radical (unpaired) electrons. The summed E-state index contributed by atoms with van der Waals surface area (Å²) < 4.78 is 29.1. The standard InChI is InChI=1S/C24H40O6/c1-21(2,3)29-23(7,8)15-27-18-13-12-17(20(25)26-11)14-19(18)28-16-24(9,10)30-22(4,5)6/h12-14H,15-16H2,1-11H3. The van der Waals surface area contributed by atoms with Crippen LogP contribution in [-0.2, 0) is 14.2 Å². The lowest BCUT2D eigenvalue weighted by atomic mass is 10.1. The lowest BCUT2D eigenvalue weighted by Gasteiger charge is -2.34. The van der Waals surface area contributed by atoms with E-state index in [0.29, 0.717) is 23.7 Å². The summed E-state index contributed by atoms with van der Waals surface area (Å²) in [4.78, 5) is 12.0. The first kappa shape index (κ1) is 26.2. The SMILES string of the molecule is COC(=O)c1ccc(OCC(C)(C)OC(C)(C)C)c(OCC(C)(C)OC(C)(C)C)c1. The molecule has 6 nitrogen and oxygen atoms in total. The summed E-state index contributed by atoms with van der Waals surface area (Å²) >= 11 is 0. The third kappa shape index (κ3) is 9.81. The highest BCUT2D eigenvalue weighted by Gasteiger charge is 2.29. The van der Waals surface area contributed by atoms with Crippen LogP contribution >= 0.6 is 0 Å². The molecule has 0 aromatic heterocycles. The van der Waals surface area contributed by atoms with Crippen molar-refractivity contribution >= 4 is 5.97 Å². The van der Waals surface area contributed by atoms with Gasteiger partial charge in [0, 0.05) is 0 Å². The molecule has 1 aromatic rings. The fourth-order valence-corrected chi connectivity index (χ4v) is 3.20. The molecule has 0 fully saturated rings. The van der Waals surface area contributed by atoms with E-state index in [1.807, 2.05) is 69.2 Å². The van der Waals surface area contributed by atoms with Crippen molar-refractivity contribution in [1.82, 2.24) is 0 Å². The molecule has 0 aliphatic heterocycles. The first-order valence-electron chi connectivity index (χ1n) is 10.3. The largest absolute Gasteiger partial charge is 0.487 e. The van der Waals surface area contributed by atoms with Gasteiger partial charge in [-0.15, -0.1) is 0 Å². The van der Waals surface area contributed by atoms with E-state index < -0.39 is 17.2 Å². The van der Waals surface area contributed by atoms with Crippen LogP contribution in [0.1, 0.15) is 79.6 Å². The Bertz CT molecular complexity index is 707. The fraction of sp³-hybridized carbons (Fsp3) is 0.708. The van der Waals surface area contributed by atoms with Crippen LogP contribution in [0.15, 0.2) is 18.2 Å². The number of carbonyl (C=O) groups is 1. The molecule has 0 N–H and O–H groups in total. The van der Waals surface area contributed by atoms with Gasteiger partial charge in [0.25, 0.3) is 0 Å². The molecule has 0 heterocycles. The summed E-state index contributed by atoms with van der Waals surface area (Å²) in [5, 5.41) is 0. The maximum Gasteiger partial charge on any atom is 0.337 e. The monoisotopic (exact) mass is 424 g/mol. The highest BCUT2D eigenvalue weighted by atomic mass is 16.6. The third-order valence-corrected chi connectivity index (χ3v) is 3.68. The zero-order chi connectivity index (χ0) is 23.4. The van der Waals surface area contributed by atoms with Crippen molar-refractivity contribution in [3.05, 3.63) is 23.8 Å². The molecule has 0 aliphatic carbocycles. The summed E-state index contributed by atoms with van der Waals surface area (Å²) in [6.45, 7) is 20.5. The maximum atomic E-state index is 12.0. The van der Waals surface area contributed by atoms with Crippen molar-refractivity contribution < 1.29 is 28.5 Å². The van der Waals surface area contributed by atoms with Crippen LogP contribution in [0, 0.1) is 0 Å². The zero-order valence-electron chi connectivity index (χ0n) is 20.6. The minimum absolute atomic E-state index is 0.285. The van der Waals surface area contributed by atoms with Gasteiger partial charge in [0.2, 0.25) is 0 Å². The first-order chi connectivity index (χ1) is 13.4. The molecule has 1 aromatic carbocycles. The summed E-state index contributed by atoms with van der Waals surface area (Å²) in [6.07, 6.45) is 0. The summed E-state index contributed by atoms with van der Waals surface area (Å²) in [6, 6.07) is 5.00. The van der Waals surface area contributed by atoms with E-state index in [1.165, 1.54) is 7.11 Å². The van der Waals surface area contributed by atoms with Gasteiger partial charge in [-0.25, -0.2) is 4.79 Å². The minimum atomic E-state index is -0.536. The minimum Gasteiger partial charge on any atom is -0.487 e. The van der Waals surface area contributed by atoms with Crippen molar-refractivity contribution in [3.8, 4) is 11.5 Å². The van der Waals surface area contributed by atoms with Gasteiger partial charge in [-0.1, -0.05) is 0 Å². The average Bonchev–Trinajstić information content (AvgIpc) is 2.53. The van der Waals surface area contributed by atoms with Crippen LogP contribution in [0.4, 0.5) is 0 Å². The number of hydrogen-bond acceptors (Lipinski definition) is 6. The van der Waals surface area contributed by atoms with Crippen molar-refractivity contribution in [3.63, 3.8) is 0 Å². The molecule has 0 aliphatic rings. The zero-order valence-corrected chi connectivity index (χ0v) is 20.6. The molecule has 172 valence electrons. The average molecular weight is 425 g/mol. The quantitative estimate of drug-likeness (QED) is 0.493. The van der Waals surface area contributed by atoms with Crippen LogP contribution < -0.4 is 9.47 Å². The van der Waals surface area contributed by atoms with Crippen LogP contribution in [0.5, 0.6) is 11.5 Å². The molecule has 0 bridgehead atoms. The molecular formula is C24H40O6. The van der Waals surface area contributed by atoms with Gasteiger partial charge >= 0.3 is 5.97 Å². The number of benzene rings is 1.